The van der Waals surface area contributed by atoms with E-state index in [1.54, 1.807) is 0 Å². The summed E-state index contributed by atoms with van der Waals surface area (Å²) in [4.78, 5) is 28.0. The van der Waals surface area contributed by atoms with E-state index >= 15 is 0 Å². The fraction of sp³-hybridized carbons (Fsp3) is 0.200. The molecule has 0 unspecified atom stereocenters. The molecule has 1 aliphatic heterocycles. The van der Waals surface area contributed by atoms with E-state index in [1.807, 2.05) is 37.4 Å². The topological polar surface area (TPSA) is 104 Å². The van der Waals surface area contributed by atoms with E-state index in [9.17, 15) is 14.9 Å². The third-order valence-electron chi connectivity index (χ3n) is 4.63. The summed E-state index contributed by atoms with van der Waals surface area (Å²) in [5.41, 5.74) is 3.54. The Labute approximate surface area is 170 Å². The van der Waals surface area contributed by atoms with Crippen molar-refractivity contribution in [1.82, 2.24) is 4.98 Å². The van der Waals surface area contributed by atoms with Crippen molar-refractivity contribution < 1.29 is 19.2 Å². The second-order valence-corrected chi connectivity index (χ2v) is 7.42. The molecular formula is C20H17N3O5S. The number of carbonyl (C=O) groups excluding carboxylic acids is 1. The third kappa shape index (κ3) is 3.77. The predicted octanol–water partition coefficient (Wildman–Crippen LogP) is 4.36. The number of fused-ring (bicyclic) bond motifs is 1. The van der Waals surface area contributed by atoms with Gasteiger partial charge in [0.1, 0.15) is 18.8 Å². The van der Waals surface area contributed by atoms with Gasteiger partial charge in [-0.15, -0.1) is 11.3 Å². The summed E-state index contributed by atoms with van der Waals surface area (Å²) >= 11 is 1.25. The molecule has 0 radical (unpaired) electrons. The number of rotatable bonds is 4. The smallest absolute Gasteiger partial charge is 0.286 e. The Kier molecular flexibility index (Phi) is 4.89. The fourth-order valence-corrected chi connectivity index (χ4v) is 3.65. The number of amides is 1. The predicted molar refractivity (Wildman–Crippen MR) is 109 cm³/mol. The van der Waals surface area contributed by atoms with Crippen LogP contribution in [0.1, 0.15) is 21.5 Å². The van der Waals surface area contributed by atoms with E-state index in [0.717, 1.165) is 16.8 Å². The van der Waals surface area contributed by atoms with Gasteiger partial charge in [-0.2, -0.15) is 0 Å². The number of ether oxygens (including phenoxy) is 2. The lowest BCUT2D eigenvalue weighted by Crippen LogP contribution is -2.18. The van der Waals surface area contributed by atoms with E-state index in [0.29, 0.717) is 24.1 Å². The van der Waals surface area contributed by atoms with Gasteiger partial charge < -0.3 is 9.47 Å². The van der Waals surface area contributed by atoms with Crippen LogP contribution < -0.4 is 14.8 Å². The zero-order valence-electron chi connectivity index (χ0n) is 15.7. The molecule has 2 heterocycles. The number of nitrogens with one attached hydrogen (secondary N) is 1. The number of aromatic nitrogens is 1. The Morgan fingerprint density at radius 3 is 2.55 bits per heavy atom. The van der Waals surface area contributed by atoms with Crippen LogP contribution in [0.15, 0.2) is 35.7 Å². The average Bonchev–Trinajstić information content (AvgIpc) is 3.17. The monoisotopic (exact) mass is 411 g/mol. The summed E-state index contributed by atoms with van der Waals surface area (Å²) in [7, 11) is 0. The van der Waals surface area contributed by atoms with Crippen LogP contribution in [0, 0.1) is 24.0 Å². The van der Waals surface area contributed by atoms with Crippen molar-refractivity contribution in [2.45, 2.75) is 13.8 Å². The van der Waals surface area contributed by atoms with Crippen LogP contribution in [0.5, 0.6) is 11.5 Å². The molecule has 0 atom stereocenters. The van der Waals surface area contributed by atoms with Crippen molar-refractivity contribution in [2.24, 2.45) is 0 Å². The highest BCUT2D eigenvalue weighted by Crippen LogP contribution is 2.37. The molecule has 29 heavy (non-hydrogen) atoms. The van der Waals surface area contributed by atoms with Crippen LogP contribution in [0.4, 0.5) is 10.8 Å². The van der Waals surface area contributed by atoms with Crippen LogP contribution >= 0.6 is 11.3 Å². The zero-order chi connectivity index (χ0) is 20.5. The molecule has 0 aliphatic carbocycles. The van der Waals surface area contributed by atoms with Gasteiger partial charge in [-0.3, -0.25) is 20.2 Å². The molecule has 0 fully saturated rings. The SMILES string of the molecule is Cc1ccc(-c2csc(NC(=O)c3cc4c(cc3[N+](=O)[O-])OCCO4)n2)cc1C. The number of hydrogen-bond acceptors (Lipinski definition) is 7. The average molecular weight is 411 g/mol. The Morgan fingerprint density at radius 2 is 1.86 bits per heavy atom. The number of nitrogens with zero attached hydrogens (tertiary/aromatic N) is 2. The van der Waals surface area contributed by atoms with Gasteiger partial charge in [-0.1, -0.05) is 12.1 Å². The van der Waals surface area contributed by atoms with Crippen molar-refractivity contribution in [1.29, 1.82) is 0 Å². The minimum Gasteiger partial charge on any atom is -0.486 e. The molecule has 1 aliphatic rings. The van der Waals surface area contributed by atoms with Gasteiger partial charge in [-0.25, -0.2) is 4.98 Å². The number of benzene rings is 2. The van der Waals surface area contributed by atoms with Crippen LogP contribution in [-0.4, -0.2) is 29.0 Å². The van der Waals surface area contributed by atoms with Gasteiger partial charge in [0.25, 0.3) is 11.6 Å². The maximum absolute atomic E-state index is 12.7. The molecule has 0 saturated carbocycles. The highest BCUT2D eigenvalue weighted by atomic mass is 32.1. The first-order valence-corrected chi connectivity index (χ1v) is 9.73. The molecule has 1 amide bonds. The highest BCUT2D eigenvalue weighted by Gasteiger charge is 2.27. The summed E-state index contributed by atoms with van der Waals surface area (Å²) < 4.78 is 10.8. The Bertz CT molecular complexity index is 1130. The number of thiazole rings is 1. The molecular weight excluding hydrogens is 394 g/mol. The number of aryl methyl sites for hydroxylation is 2. The molecule has 4 rings (SSSR count). The molecule has 9 heteroatoms. The van der Waals surface area contributed by atoms with Gasteiger partial charge >= 0.3 is 0 Å². The Morgan fingerprint density at radius 1 is 1.14 bits per heavy atom. The highest BCUT2D eigenvalue weighted by molar-refractivity contribution is 7.14. The minimum atomic E-state index is -0.630. The summed E-state index contributed by atoms with van der Waals surface area (Å²) in [6.45, 7) is 4.68. The molecule has 0 bridgehead atoms. The van der Waals surface area contributed by atoms with E-state index in [-0.39, 0.29) is 17.0 Å². The van der Waals surface area contributed by atoms with E-state index in [1.165, 1.54) is 29.0 Å². The molecule has 1 N–H and O–H groups in total. The maximum Gasteiger partial charge on any atom is 0.286 e. The summed E-state index contributed by atoms with van der Waals surface area (Å²) in [5, 5.41) is 16.3. The lowest BCUT2D eigenvalue weighted by atomic mass is 10.1. The van der Waals surface area contributed by atoms with Crippen molar-refractivity contribution in [2.75, 3.05) is 18.5 Å². The van der Waals surface area contributed by atoms with Crippen molar-refractivity contribution in [3.8, 4) is 22.8 Å². The van der Waals surface area contributed by atoms with E-state index in [2.05, 4.69) is 10.3 Å². The number of nitro groups is 1. The van der Waals surface area contributed by atoms with Crippen molar-refractivity contribution in [3.63, 3.8) is 0 Å². The van der Waals surface area contributed by atoms with Crippen LogP contribution in [0.3, 0.4) is 0 Å². The number of carbonyl (C=O) groups is 1. The first-order valence-electron chi connectivity index (χ1n) is 8.85. The van der Waals surface area contributed by atoms with E-state index in [4.69, 9.17) is 9.47 Å². The van der Waals surface area contributed by atoms with Gasteiger partial charge in [0.2, 0.25) is 0 Å². The lowest BCUT2D eigenvalue weighted by Gasteiger charge is -2.18. The summed E-state index contributed by atoms with van der Waals surface area (Å²) in [6.07, 6.45) is 0. The first kappa shape index (κ1) is 18.9. The van der Waals surface area contributed by atoms with E-state index < -0.39 is 10.8 Å². The number of nitro benzene ring substituents is 1. The second kappa shape index (κ2) is 7.51. The normalized spacial score (nSPS) is 12.5. The van der Waals surface area contributed by atoms with Crippen LogP contribution in [0.2, 0.25) is 0 Å². The first-order chi connectivity index (χ1) is 13.9. The molecule has 1 aromatic heterocycles. The van der Waals surface area contributed by atoms with Crippen molar-refractivity contribution in [3.05, 3.63) is 62.5 Å². The van der Waals surface area contributed by atoms with Crippen molar-refractivity contribution >= 4 is 28.1 Å². The molecule has 8 nitrogen and oxygen atoms in total. The zero-order valence-corrected chi connectivity index (χ0v) is 16.5. The number of anilines is 1. The Balaban J connectivity index is 1.61. The fourth-order valence-electron chi connectivity index (χ4n) is 2.94. The molecule has 148 valence electrons. The molecule has 3 aromatic rings. The number of hydrogen-bond donors (Lipinski definition) is 1. The largest absolute Gasteiger partial charge is 0.486 e. The quantitative estimate of drug-likeness (QED) is 0.505. The lowest BCUT2D eigenvalue weighted by molar-refractivity contribution is -0.385. The van der Waals surface area contributed by atoms with Crippen LogP contribution in [0.25, 0.3) is 11.3 Å². The minimum absolute atomic E-state index is 0.109. The Hall–Kier alpha value is -3.46. The maximum atomic E-state index is 12.7. The summed E-state index contributed by atoms with van der Waals surface area (Å²) in [5.74, 6) is -0.0672. The van der Waals surface area contributed by atoms with Gasteiger partial charge in [-0.05, 0) is 31.0 Å². The molecule has 0 saturated heterocycles. The standard InChI is InChI=1S/C20H17N3O5S/c1-11-3-4-13(7-12(11)2)15-10-29-20(21-15)22-19(24)14-8-17-18(28-6-5-27-17)9-16(14)23(25)26/h3-4,7-10H,5-6H2,1-2H3,(H,21,22,24). The van der Waals surface area contributed by atoms with Gasteiger partial charge in [0.05, 0.1) is 16.7 Å². The second-order valence-electron chi connectivity index (χ2n) is 6.56. The van der Waals surface area contributed by atoms with Crippen LogP contribution in [-0.2, 0) is 0 Å². The van der Waals surface area contributed by atoms with Gasteiger partial charge in [0, 0.05) is 17.0 Å². The van der Waals surface area contributed by atoms with Gasteiger partial charge in [0.15, 0.2) is 16.6 Å². The molecule has 0 spiro atoms. The summed E-state index contributed by atoms with van der Waals surface area (Å²) in [6, 6.07) is 8.56. The third-order valence-corrected chi connectivity index (χ3v) is 5.39. The molecule has 2 aromatic carbocycles.